The molecule has 0 spiro atoms. The molecule has 2 aromatic rings. The van der Waals surface area contributed by atoms with E-state index in [-0.39, 0.29) is 0 Å². The zero-order valence-corrected chi connectivity index (χ0v) is 13.4. The van der Waals surface area contributed by atoms with Gasteiger partial charge in [-0.05, 0) is 54.3 Å². The predicted molar refractivity (Wildman–Crippen MR) is 88.6 cm³/mol. The maximum atomic E-state index is 6.36. The van der Waals surface area contributed by atoms with Crippen LogP contribution in [0.1, 0.15) is 24.5 Å². The van der Waals surface area contributed by atoms with Gasteiger partial charge in [-0.2, -0.15) is 0 Å². The molecule has 0 saturated carbocycles. The van der Waals surface area contributed by atoms with E-state index in [4.69, 9.17) is 23.2 Å². The van der Waals surface area contributed by atoms with Crippen molar-refractivity contribution >= 4 is 23.2 Å². The van der Waals surface area contributed by atoms with Crippen molar-refractivity contribution in [2.24, 2.45) is 0 Å². The summed E-state index contributed by atoms with van der Waals surface area (Å²) >= 11 is 12.5. The van der Waals surface area contributed by atoms with Gasteiger partial charge in [-0.1, -0.05) is 54.4 Å². The minimum Gasteiger partial charge on any atom is -0.313 e. The van der Waals surface area contributed by atoms with Crippen molar-refractivity contribution in [2.75, 3.05) is 6.54 Å². The number of halogens is 2. The zero-order valence-electron chi connectivity index (χ0n) is 11.8. The zero-order chi connectivity index (χ0) is 14.5. The van der Waals surface area contributed by atoms with Gasteiger partial charge in [-0.15, -0.1) is 0 Å². The summed E-state index contributed by atoms with van der Waals surface area (Å²) in [4.78, 5) is 0. The Morgan fingerprint density at radius 1 is 0.950 bits per heavy atom. The van der Waals surface area contributed by atoms with E-state index in [0.717, 1.165) is 51.8 Å². The molecule has 20 heavy (non-hydrogen) atoms. The van der Waals surface area contributed by atoms with E-state index in [0.29, 0.717) is 0 Å². The second kappa shape index (κ2) is 7.12. The Morgan fingerprint density at radius 3 is 2.20 bits per heavy atom. The van der Waals surface area contributed by atoms with Crippen LogP contribution < -0.4 is 5.32 Å². The number of benzene rings is 2. The minimum atomic E-state index is 0.785. The van der Waals surface area contributed by atoms with Crippen LogP contribution >= 0.6 is 23.2 Å². The molecule has 0 radical (unpaired) electrons. The molecule has 0 unspecified atom stereocenters. The maximum Gasteiger partial charge on any atom is 0.0457 e. The molecule has 0 aliphatic rings. The highest BCUT2D eigenvalue weighted by Crippen LogP contribution is 2.28. The van der Waals surface area contributed by atoms with E-state index in [2.05, 4.69) is 30.4 Å². The van der Waals surface area contributed by atoms with Crippen molar-refractivity contribution < 1.29 is 0 Å². The predicted octanol–water partition coefficient (Wildman–Crippen LogP) is 5.47. The van der Waals surface area contributed by atoms with Gasteiger partial charge in [0.2, 0.25) is 0 Å². The monoisotopic (exact) mass is 307 g/mol. The normalized spacial score (nSPS) is 10.8. The van der Waals surface area contributed by atoms with Crippen LogP contribution in [0, 0.1) is 6.92 Å². The Hall–Kier alpha value is -1.02. The molecule has 0 saturated heterocycles. The van der Waals surface area contributed by atoms with Gasteiger partial charge in [0.15, 0.2) is 0 Å². The highest BCUT2D eigenvalue weighted by molar-refractivity contribution is 6.32. The van der Waals surface area contributed by atoms with Crippen molar-refractivity contribution in [3.8, 4) is 11.1 Å². The summed E-state index contributed by atoms with van der Waals surface area (Å²) in [6.07, 6.45) is 1.12. The van der Waals surface area contributed by atoms with Crippen molar-refractivity contribution in [2.45, 2.75) is 26.8 Å². The largest absolute Gasteiger partial charge is 0.313 e. The lowest BCUT2D eigenvalue weighted by Crippen LogP contribution is -2.13. The third-order valence-corrected chi connectivity index (χ3v) is 4.06. The topological polar surface area (TPSA) is 12.0 Å². The van der Waals surface area contributed by atoms with Crippen LogP contribution in [0.5, 0.6) is 0 Å². The van der Waals surface area contributed by atoms with Crippen LogP contribution in [-0.4, -0.2) is 6.54 Å². The Kier molecular flexibility index (Phi) is 5.47. The molecule has 0 fully saturated rings. The second-order valence-electron chi connectivity index (χ2n) is 4.95. The molecule has 1 nitrogen and oxygen atoms in total. The first-order valence-corrected chi connectivity index (χ1v) is 7.63. The molecule has 0 amide bonds. The highest BCUT2D eigenvalue weighted by Gasteiger charge is 2.05. The number of hydrogen-bond acceptors (Lipinski definition) is 1. The molecule has 0 aliphatic heterocycles. The fraction of sp³-hybridized carbons (Fsp3) is 0.294. The van der Waals surface area contributed by atoms with Gasteiger partial charge in [0, 0.05) is 16.6 Å². The van der Waals surface area contributed by atoms with Gasteiger partial charge >= 0.3 is 0 Å². The first kappa shape index (κ1) is 15.4. The molecular formula is C17H19Cl2N. The molecule has 0 bridgehead atoms. The van der Waals surface area contributed by atoms with E-state index in [1.54, 1.807) is 0 Å². The van der Waals surface area contributed by atoms with Crippen LogP contribution in [0.25, 0.3) is 11.1 Å². The summed E-state index contributed by atoms with van der Waals surface area (Å²) in [5.74, 6) is 0. The Morgan fingerprint density at radius 2 is 1.60 bits per heavy atom. The fourth-order valence-corrected chi connectivity index (χ4v) is 2.47. The van der Waals surface area contributed by atoms with Crippen LogP contribution in [0.3, 0.4) is 0 Å². The van der Waals surface area contributed by atoms with Crippen LogP contribution in [0.15, 0.2) is 36.4 Å². The van der Waals surface area contributed by atoms with Crippen molar-refractivity contribution in [1.29, 1.82) is 0 Å². The lowest BCUT2D eigenvalue weighted by molar-refractivity contribution is 0.675. The summed E-state index contributed by atoms with van der Waals surface area (Å²) in [7, 11) is 0. The summed E-state index contributed by atoms with van der Waals surface area (Å²) in [5.41, 5.74) is 4.40. The standard InChI is InChI=1S/C17H19Cl2N/c1-3-8-20-11-15-7-6-14(10-17(15)19)13-5-4-12(2)16(18)9-13/h4-7,9-10,20H,3,8,11H2,1-2H3. The second-order valence-corrected chi connectivity index (χ2v) is 5.76. The number of nitrogens with one attached hydrogen (secondary N) is 1. The molecule has 3 heteroatoms. The van der Waals surface area contributed by atoms with Crippen molar-refractivity contribution in [3.63, 3.8) is 0 Å². The molecular weight excluding hydrogens is 289 g/mol. The summed E-state index contributed by atoms with van der Waals surface area (Å²) in [5, 5.41) is 4.94. The van der Waals surface area contributed by atoms with Gasteiger partial charge in [0.25, 0.3) is 0 Å². The van der Waals surface area contributed by atoms with Gasteiger partial charge in [0.05, 0.1) is 0 Å². The SMILES string of the molecule is CCCNCc1ccc(-c2ccc(C)c(Cl)c2)cc1Cl. The third-order valence-electron chi connectivity index (χ3n) is 3.30. The Bertz CT molecular complexity index is 594. The highest BCUT2D eigenvalue weighted by atomic mass is 35.5. The molecule has 2 rings (SSSR count). The number of hydrogen-bond donors (Lipinski definition) is 1. The van der Waals surface area contributed by atoms with Gasteiger partial charge in [0.1, 0.15) is 0 Å². The van der Waals surface area contributed by atoms with Gasteiger partial charge in [-0.3, -0.25) is 0 Å². The fourth-order valence-electron chi connectivity index (χ4n) is 2.04. The molecule has 1 N–H and O–H groups in total. The van der Waals surface area contributed by atoms with E-state index in [1.165, 1.54) is 0 Å². The molecule has 106 valence electrons. The lowest BCUT2D eigenvalue weighted by Gasteiger charge is -2.09. The average molecular weight is 308 g/mol. The number of aryl methyl sites for hydroxylation is 1. The maximum absolute atomic E-state index is 6.36. The van der Waals surface area contributed by atoms with Gasteiger partial charge < -0.3 is 5.32 Å². The smallest absolute Gasteiger partial charge is 0.0457 e. The van der Waals surface area contributed by atoms with Gasteiger partial charge in [-0.25, -0.2) is 0 Å². The van der Waals surface area contributed by atoms with Crippen molar-refractivity contribution in [1.82, 2.24) is 5.32 Å². The molecule has 0 aromatic heterocycles. The van der Waals surface area contributed by atoms with E-state index >= 15 is 0 Å². The average Bonchev–Trinajstić information content (AvgIpc) is 2.44. The van der Waals surface area contributed by atoms with E-state index in [9.17, 15) is 0 Å². The summed E-state index contributed by atoms with van der Waals surface area (Å²) in [6.45, 7) is 5.97. The Balaban J connectivity index is 2.21. The number of rotatable bonds is 5. The lowest BCUT2D eigenvalue weighted by atomic mass is 10.0. The van der Waals surface area contributed by atoms with Crippen LogP contribution in [-0.2, 0) is 6.54 Å². The summed E-state index contributed by atoms with van der Waals surface area (Å²) < 4.78 is 0. The quantitative estimate of drug-likeness (QED) is 0.722. The Labute approximate surface area is 130 Å². The van der Waals surface area contributed by atoms with E-state index < -0.39 is 0 Å². The molecule has 2 aromatic carbocycles. The van der Waals surface area contributed by atoms with E-state index in [1.807, 2.05) is 25.1 Å². The minimum absolute atomic E-state index is 0.785. The molecule has 0 atom stereocenters. The van der Waals surface area contributed by atoms with Crippen molar-refractivity contribution in [3.05, 3.63) is 57.6 Å². The van der Waals surface area contributed by atoms with Crippen LogP contribution in [0.4, 0.5) is 0 Å². The molecule has 0 aliphatic carbocycles. The first-order valence-electron chi connectivity index (χ1n) is 6.87. The third kappa shape index (κ3) is 3.76. The first-order chi connectivity index (χ1) is 9.61. The summed E-state index contributed by atoms with van der Waals surface area (Å²) in [6, 6.07) is 12.3. The molecule has 0 heterocycles. The van der Waals surface area contributed by atoms with Crippen LogP contribution in [0.2, 0.25) is 10.0 Å².